The molecule has 0 fully saturated rings. The summed E-state index contributed by atoms with van der Waals surface area (Å²) in [5.74, 6) is 0.349. The summed E-state index contributed by atoms with van der Waals surface area (Å²) in [7, 11) is 1.59. The average Bonchev–Trinajstić information content (AvgIpc) is 2.46. The van der Waals surface area contributed by atoms with Crippen LogP contribution in [0.1, 0.15) is 11.7 Å². The first-order valence-corrected chi connectivity index (χ1v) is 6.90. The average molecular weight is 340 g/mol. The molecule has 20 heavy (non-hydrogen) atoms. The highest BCUT2D eigenvalue weighted by Crippen LogP contribution is 2.28. The van der Waals surface area contributed by atoms with Crippen molar-refractivity contribution in [2.75, 3.05) is 19.0 Å². The molecule has 2 aromatic carbocycles. The monoisotopic (exact) mass is 339 g/mol. The number of aliphatic hydroxyl groups is 1. The van der Waals surface area contributed by atoms with Crippen molar-refractivity contribution in [2.45, 2.75) is 6.10 Å². The fraction of sp³-hybridized carbons (Fsp3) is 0.200. The first kappa shape index (κ1) is 14.8. The summed E-state index contributed by atoms with van der Waals surface area (Å²) in [6.07, 6.45) is -0.777. The first-order chi connectivity index (χ1) is 9.60. The lowest BCUT2D eigenvalue weighted by molar-refractivity contribution is 0.191. The number of nitrogens with one attached hydrogen (secondary N) is 1. The molecule has 0 aliphatic carbocycles. The Morgan fingerprint density at radius 1 is 1.30 bits per heavy atom. The van der Waals surface area contributed by atoms with Crippen LogP contribution >= 0.6 is 15.9 Å². The van der Waals surface area contributed by atoms with Gasteiger partial charge in [0.1, 0.15) is 11.6 Å². The van der Waals surface area contributed by atoms with Crippen LogP contribution in [-0.2, 0) is 0 Å². The molecular weight excluding hydrogens is 325 g/mol. The predicted octanol–water partition coefficient (Wildman–Crippen LogP) is 3.74. The van der Waals surface area contributed by atoms with E-state index in [1.165, 1.54) is 12.1 Å². The SMILES string of the molecule is COc1cc(NCC(O)c2cccc(F)c2)ccc1Br. The van der Waals surface area contributed by atoms with E-state index >= 15 is 0 Å². The van der Waals surface area contributed by atoms with Crippen LogP contribution in [0.2, 0.25) is 0 Å². The van der Waals surface area contributed by atoms with Crippen molar-refractivity contribution in [1.29, 1.82) is 0 Å². The van der Waals surface area contributed by atoms with Gasteiger partial charge >= 0.3 is 0 Å². The molecule has 5 heteroatoms. The Morgan fingerprint density at radius 3 is 2.80 bits per heavy atom. The van der Waals surface area contributed by atoms with Crippen LogP contribution in [0.5, 0.6) is 5.75 Å². The quantitative estimate of drug-likeness (QED) is 0.871. The van der Waals surface area contributed by atoms with Crippen molar-refractivity contribution in [3.8, 4) is 5.75 Å². The van der Waals surface area contributed by atoms with E-state index in [1.807, 2.05) is 18.2 Å². The molecule has 0 amide bonds. The van der Waals surface area contributed by atoms with Crippen molar-refractivity contribution in [1.82, 2.24) is 0 Å². The zero-order chi connectivity index (χ0) is 14.5. The molecule has 0 saturated carbocycles. The number of ether oxygens (including phenoxy) is 1. The number of hydrogen-bond acceptors (Lipinski definition) is 3. The summed E-state index contributed by atoms with van der Waals surface area (Å²) in [5, 5.41) is 13.1. The Kier molecular flexibility index (Phi) is 4.98. The predicted molar refractivity (Wildman–Crippen MR) is 80.5 cm³/mol. The Labute approximate surface area is 125 Å². The molecule has 2 aromatic rings. The lowest BCUT2D eigenvalue weighted by atomic mass is 10.1. The molecule has 106 valence electrons. The van der Waals surface area contributed by atoms with E-state index in [2.05, 4.69) is 21.2 Å². The van der Waals surface area contributed by atoms with Gasteiger partial charge in [-0.1, -0.05) is 12.1 Å². The van der Waals surface area contributed by atoms with Gasteiger partial charge in [0, 0.05) is 18.3 Å². The van der Waals surface area contributed by atoms with Gasteiger partial charge in [-0.3, -0.25) is 0 Å². The fourth-order valence-corrected chi connectivity index (χ4v) is 2.22. The van der Waals surface area contributed by atoms with E-state index in [-0.39, 0.29) is 12.4 Å². The zero-order valence-corrected chi connectivity index (χ0v) is 12.5. The van der Waals surface area contributed by atoms with Gasteiger partial charge in [-0.2, -0.15) is 0 Å². The van der Waals surface area contributed by atoms with E-state index in [0.29, 0.717) is 11.3 Å². The van der Waals surface area contributed by atoms with Gasteiger partial charge in [0.05, 0.1) is 17.7 Å². The molecule has 0 aliphatic rings. The van der Waals surface area contributed by atoms with E-state index < -0.39 is 6.10 Å². The van der Waals surface area contributed by atoms with Gasteiger partial charge < -0.3 is 15.2 Å². The van der Waals surface area contributed by atoms with E-state index in [9.17, 15) is 9.50 Å². The van der Waals surface area contributed by atoms with Crippen LogP contribution in [-0.4, -0.2) is 18.8 Å². The standard InChI is InChI=1S/C15H15BrFNO2/c1-20-15-8-12(5-6-13(15)16)18-9-14(19)10-3-2-4-11(17)7-10/h2-8,14,18-19H,9H2,1H3. The lowest BCUT2D eigenvalue weighted by Gasteiger charge is -2.14. The summed E-state index contributed by atoms with van der Waals surface area (Å²) in [5.41, 5.74) is 1.36. The Hall–Kier alpha value is -1.59. The van der Waals surface area contributed by atoms with Crippen LogP contribution in [0.15, 0.2) is 46.9 Å². The summed E-state index contributed by atoms with van der Waals surface area (Å²) >= 11 is 3.37. The second-order valence-corrected chi connectivity index (χ2v) is 5.16. The summed E-state index contributed by atoms with van der Waals surface area (Å²) < 4.78 is 19.1. The maximum absolute atomic E-state index is 13.1. The molecule has 0 heterocycles. The number of hydrogen-bond donors (Lipinski definition) is 2. The van der Waals surface area contributed by atoms with E-state index in [1.54, 1.807) is 19.2 Å². The zero-order valence-electron chi connectivity index (χ0n) is 10.9. The summed E-state index contributed by atoms with van der Waals surface area (Å²) in [6.45, 7) is 0.286. The number of halogens is 2. The number of aliphatic hydroxyl groups excluding tert-OH is 1. The van der Waals surface area contributed by atoms with Crippen molar-refractivity contribution in [3.05, 3.63) is 58.3 Å². The van der Waals surface area contributed by atoms with Crippen LogP contribution in [0.25, 0.3) is 0 Å². The molecule has 2 N–H and O–H groups in total. The minimum atomic E-state index is -0.777. The minimum absolute atomic E-state index is 0.286. The molecule has 0 saturated heterocycles. The van der Waals surface area contributed by atoms with Crippen molar-refractivity contribution >= 4 is 21.6 Å². The van der Waals surface area contributed by atoms with Gasteiger partial charge in [0.15, 0.2) is 0 Å². The molecule has 1 atom stereocenters. The Morgan fingerprint density at radius 2 is 2.10 bits per heavy atom. The molecular formula is C15H15BrFNO2. The van der Waals surface area contributed by atoms with Gasteiger partial charge in [-0.25, -0.2) is 4.39 Å². The third kappa shape index (κ3) is 3.71. The minimum Gasteiger partial charge on any atom is -0.495 e. The Balaban J connectivity index is 2.01. The first-order valence-electron chi connectivity index (χ1n) is 6.11. The van der Waals surface area contributed by atoms with Crippen molar-refractivity contribution in [3.63, 3.8) is 0 Å². The molecule has 0 aromatic heterocycles. The van der Waals surface area contributed by atoms with Gasteiger partial charge in [0.2, 0.25) is 0 Å². The molecule has 0 aliphatic heterocycles. The van der Waals surface area contributed by atoms with E-state index in [4.69, 9.17) is 4.74 Å². The fourth-order valence-electron chi connectivity index (χ4n) is 1.82. The number of rotatable bonds is 5. The van der Waals surface area contributed by atoms with Crippen molar-refractivity contribution in [2.24, 2.45) is 0 Å². The van der Waals surface area contributed by atoms with Gasteiger partial charge in [0.25, 0.3) is 0 Å². The smallest absolute Gasteiger partial charge is 0.135 e. The van der Waals surface area contributed by atoms with Crippen molar-refractivity contribution < 1.29 is 14.2 Å². The van der Waals surface area contributed by atoms with Crippen LogP contribution < -0.4 is 10.1 Å². The third-order valence-electron chi connectivity index (χ3n) is 2.88. The second-order valence-electron chi connectivity index (χ2n) is 4.30. The summed E-state index contributed by atoms with van der Waals surface area (Å²) in [6, 6.07) is 11.5. The normalized spacial score (nSPS) is 12.0. The maximum Gasteiger partial charge on any atom is 0.135 e. The third-order valence-corrected chi connectivity index (χ3v) is 3.54. The highest BCUT2D eigenvalue weighted by Gasteiger charge is 2.09. The Bertz CT molecular complexity index is 592. The molecule has 3 nitrogen and oxygen atoms in total. The largest absolute Gasteiger partial charge is 0.495 e. The maximum atomic E-state index is 13.1. The second kappa shape index (κ2) is 6.72. The highest BCUT2D eigenvalue weighted by molar-refractivity contribution is 9.10. The van der Waals surface area contributed by atoms with E-state index in [0.717, 1.165) is 10.2 Å². The lowest BCUT2D eigenvalue weighted by Crippen LogP contribution is -2.12. The number of anilines is 1. The molecule has 1 unspecified atom stereocenters. The number of benzene rings is 2. The molecule has 0 radical (unpaired) electrons. The highest BCUT2D eigenvalue weighted by atomic mass is 79.9. The van der Waals surface area contributed by atoms with Crippen LogP contribution in [0.3, 0.4) is 0 Å². The van der Waals surface area contributed by atoms with Crippen LogP contribution in [0, 0.1) is 5.82 Å². The number of methoxy groups -OCH3 is 1. The topological polar surface area (TPSA) is 41.5 Å². The van der Waals surface area contributed by atoms with Gasteiger partial charge in [-0.05, 0) is 45.8 Å². The molecule has 0 spiro atoms. The molecule has 0 bridgehead atoms. The van der Waals surface area contributed by atoms with Gasteiger partial charge in [-0.15, -0.1) is 0 Å². The summed E-state index contributed by atoms with van der Waals surface area (Å²) in [4.78, 5) is 0. The van der Waals surface area contributed by atoms with Crippen LogP contribution in [0.4, 0.5) is 10.1 Å². The molecule has 2 rings (SSSR count).